The van der Waals surface area contributed by atoms with Crippen molar-refractivity contribution in [2.45, 2.75) is 45.5 Å². The van der Waals surface area contributed by atoms with E-state index in [4.69, 9.17) is 4.74 Å². The monoisotopic (exact) mass is 220 g/mol. The summed E-state index contributed by atoms with van der Waals surface area (Å²) >= 11 is 0. The molecule has 0 aromatic heterocycles. The van der Waals surface area contributed by atoms with Crippen LogP contribution < -0.4 is 0 Å². The van der Waals surface area contributed by atoms with Gasteiger partial charge < -0.3 is 9.84 Å². The number of benzene rings is 1. The van der Waals surface area contributed by atoms with E-state index in [2.05, 4.69) is 38.1 Å². The third-order valence-corrected chi connectivity index (χ3v) is 3.66. The number of hydrogen-bond donors (Lipinski definition) is 1. The first-order valence-corrected chi connectivity index (χ1v) is 6.01. The van der Waals surface area contributed by atoms with E-state index in [9.17, 15) is 5.11 Å². The lowest BCUT2D eigenvalue weighted by molar-refractivity contribution is -0.134. The molecule has 2 heteroatoms. The summed E-state index contributed by atoms with van der Waals surface area (Å²) in [5.74, 6) is 0.997. The Hall–Kier alpha value is -0.860. The maximum Gasteiger partial charge on any atom is 0.152 e. The van der Waals surface area contributed by atoms with Gasteiger partial charge in [0.25, 0.3) is 0 Å². The fraction of sp³-hybridized carbons (Fsp3) is 0.571. The van der Waals surface area contributed by atoms with Gasteiger partial charge in [-0.25, -0.2) is 0 Å². The minimum Gasteiger partial charge on any atom is -0.368 e. The Balaban J connectivity index is 2.12. The number of ether oxygens (including phenoxy) is 1. The van der Waals surface area contributed by atoms with Crippen LogP contribution in [0.25, 0.3) is 0 Å². The molecule has 1 aliphatic rings. The third-order valence-electron chi connectivity index (χ3n) is 3.66. The van der Waals surface area contributed by atoms with Crippen molar-refractivity contribution in [2.24, 2.45) is 5.92 Å². The molecule has 0 heterocycles. The van der Waals surface area contributed by atoms with Crippen molar-refractivity contribution in [1.29, 1.82) is 0 Å². The van der Waals surface area contributed by atoms with Gasteiger partial charge >= 0.3 is 0 Å². The van der Waals surface area contributed by atoms with Gasteiger partial charge in [0.2, 0.25) is 0 Å². The van der Waals surface area contributed by atoms with Crippen molar-refractivity contribution < 1.29 is 9.84 Å². The average Bonchev–Trinajstić information content (AvgIpc) is 2.56. The van der Waals surface area contributed by atoms with Crippen molar-refractivity contribution in [3.05, 3.63) is 35.4 Å². The molecule has 0 spiro atoms. The van der Waals surface area contributed by atoms with Crippen molar-refractivity contribution in [2.75, 3.05) is 0 Å². The smallest absolute Gasteiger partial charge is 0.152 e. The van der Waals surface area contributed by atoms with Crippen LogP contribution in [0.1, 0.15) is 37.8 Å². The van der Waals surface area contributed by atoms with Crippen LogP contribution in [-0.2, 0) is 11.2 Å². The minimum atomic E-state index is -0.675. The van der Waals surface area contributed by atoms with Gasteiger partial charge in [0, 0.05) is 0 Å². The van der Waals surface area contributed by atoms with Crippen LogP contribution in [0.5, 0.6) is 0 Å². The molecule has 0 amide bonds. The standard InChI is InChI=1S/C14H20O2/c1-9-13-7-5-4-6-12(13)8-14(9)10(2)16-11(3)15/h4-7,9-11,14-15H,8H2,1-3H3/t9-,10+,11-,14+/m1/s1. The molecule has 2 nitrogen and oxygen atoms in total. The molecule has 0 radical (unpaired) electrons. The molecule has 1 N–H and O–H groups in total. The molecular weight excluding hydrogens is 200 g/mol. The maximum absolute atomic E-state index is 9.26. The summed E-state index contributed by atoms with van der Waals surface area (Å²) in [6.07, 6.45) is 0.485. The largest absolute Gasteiger partial charge is 0.368 e. The zero-order valence-electron chi connectivity index (χ0n) is 10.2. The highest BCUT2D eigenvalue weighted by Gasteiger charge is 2.33. The predicted octanol–water partition coefficient (Wildman–Crippen LogP) is 2.71. The molecule has 4 atom stereocenters. The van der Waals surface area contributed by atoms with Crippen LogP contribution in [-0.4, -0.2) is 17.5 Å². The van der Waals surface area contributed by atoms with Gasteiger partial charge in [-0.05, 0) is 43.2 Å². The summed E-state index contributed by atoms with van der Waals surface area (Å²) < 4.78 is 5.49. The zero-order chi connectivity index (χ0) is 11.7. The van der Waals surface area contributed by atoms with Crippen molar-refractivity contribution >= 4 is 0 Å². The SMILES string of the molecule is C[C@H](O)O[C@@H](C)[C@H]1Cc2ccccc2[C@H]1C. The minimum absolute atomic E-state index is 0.0994. The molecule has 88 valence electrons. The molecule has 1 aromatic carbocycles. The second-order valence-corrected chi connectivity index (χ2v) is 4.80. The molecule has 0 saturated carbocycles. The first-order chi connectivity index (χ1) is 7.59. The van der Waals surface area contributed by atoms with Crippen LogP contribution in [0.15, 0.2) is 24.3 Å². The molecule has 0 aliphatic heterocycles. The number of hydrogen-bond acceptors (Lipinski definition) is 2. The summed E-state index contributed by atoms with van der Waals surface area (Å²) in [7, 11) is 0. The Kier molecular flexibility index (Phi) is 3.31. The van der Waals surface area contributed by atoms with Crippen LogP contribution in [0.2, 0.25) is 0 Å². The highest BCUT2D eigenvalue weighted by Crippen LogP contribution is 2.40. The Labute approximate surface area is 97.3 Å². The summed E-state index contributed by atoms with van der Waals surface area (Å²) in [6.45, 7) is 5.97. The van der Waals surface area contributed by atoms with Crippen LogP contribution in [0.4, 0.5) is 0 Å². The lowest BCUT2D eigenvalue weighted by Gasteiger charge is -2.25. The molecule has 0 bridgehead atoms. The number of fused-ring (bicyclic) bond motifs is 1. The number of aliphatic hydroxyl groups is 1. The number of rotatable bonds is 3. The molecule has 0 fully saturated rings. The van der Waals surface area contributed by atoms with Crippen LogP contribution in [0, 0.1) is 5.92 Å². The van der Waals surface area contributed by atoms with Gasteiger partial charge in [-0.2, -0.15) is 0 Å². The second kappa shape index (κ2) is 4.56. The summed E-state index contributed by atoms with van der Waals surface area (Å²) in [5.41, 5.74) is 2.87. The van der Waals surface area contributed by atoms with E-state index < -0.39 is 6.29 Å². The molecular formula is C14H20O2. The normalized spacial score (nSPS) is 27.5. The van der Waals surface area contributed by atoms with Crippen molar-refractivity contribution in [1.82, 2.24) is 0 Å². The lowest BCUT2D eigenvalue weighted by atomic mass is 9.90. The Morgan fingerprint density at radius 1 is 1.31 bits per heavy atom. The zero-order valence-corrected chi connectivity index (χ0v) is 10.2. The van der Waals surface area contributed by atoms with E-state index in [-0.39, 0.29) is 6.10 Å². The van der Waals surface area contributed by atoms with E-state index in [0.29, 0.717) is 11.8 Å². The van der Waals surface area contributed by atoms with Crippen LogP contribution in [0.3, 0.4) is 0 Å². The van der Waals surface area contributed by atoms with Gasteiger partial charge in [-0.15, -0.1) is 0 Å². The highest BCUT2D eigenvalue weighted by atomic mass is 16.6. The quantitative estimate of drug-likeness (QED) is 0.794. The molecule has 1 aliphatic carbocycles. The fourth-order valence-corrected chi connectivity index (χ4v) is 2.81. The predicted molar refractivity (Wildman–Crippen MR) is 64.3 cm³/mol. The molecule has 1 aromatic rings. The highest BCUT2D eigenvalue weighted by molar-refractivity contribution is 5.36. The van der Waals surface area contributed by atoms with Gasteiger partial charge in [0.05, 0.1) is 6.10 Å². The Morgan fingerprint density at radius 2 is 2.00 bits per heavy atom. The number of aliphatic hydroxyl groups excluding tert-OH is 1. The topological polar surface area (TPSA) is 29.5 Å². The van der Waals surface area contributed by atoms with Gasteiger partial charge in [0.1, 0.15) is 0 Å². The molecule has 16 heavy (non-hydrogen) atoms. The molecule has 2 rings (SSSR count). The van der Waals surface area contributed by atoms with E-state index in [1.807, 2.05) is 0 Å². The molecule has 0 saturated heterocycles. The first kappa shape index (κ1) is 11.6. The third kappa shape index (κ3) is 2.13. The summed E-state index contributed by atoms with van der Waals surface area (Å²) in [4.78, 5) is 0. The Morgan fingerprint density at radius 3 is 2.62 bits per heavy atom. The fourth-order valence-electron chi connectivity index (χ4n) is 2.81. The van der Waals surface area contributed by atoms with E-state index >= 15 is 0 Å². The average molecular weight is 220 g/mol. The van der Waals surface area contributed by atoms with Gasteiger partial charge in [-0.1, -0.05) is 31.2 Å². The molecule has 0 unspecified atom stereocenters. The lowest BCUT2D eigenvalue weighted by Crippen LogP contribution is -2.27. The van der Waals surface area contributed by atoms with Gasteiger partial charge in [-0.3, -0.25) is 0 Å². The van der Waals surface area contributed by atoms with Crippen molar-refractivity contribution in [3.8, 4) is 0 Å². The second-order valence-electron chi connectivity index (χ2n) is 4.80. The van der Waals surface area contributed by atoms with Crippen LogP contribution >= 0.6 is 0 Å². The Bertz CT molecular complexity index is 360. The van der Waals surface area contributed by atoms with E-state index in [1.54, 1.807) is 6.92 Å². The summed E-state index contributed by atoms with van der Waals surface area (Å²) in [6, 6.07) is 8.59. The van der Waals surface area contributed by atoms with E-state index in [1.165, 1.54) is 11.1 Å². The van der Waals surface area contributed by atoms with E-state index in [0.717, 1.165) is 6.42 Å². The maximum atomic E-state index is 9.26. The van der Waals surface area contributed by atoms with Gasteiger partial charge in [0.15, 0.2) is 6.29 Å². The van der Waals surface area contributed by atoms with Crippen molar-refractivity contribution in [3.63, 3.8) is 0 Å². The first-order valence-electron chi connectivity index (χ1n) is 6.01. The summed E-state index contributed by atoms with van der Waals surface area (Å²) in [5, 5.41) is 9.26.